The Kier molecular flexibility index (Phi) is 3.44. The Morgan fingerprint density at radius 2 is 2.53 bits per heavy atom. The van der Waals surface area contributed by atoms with E-state index in [1.807, 2.05) is 7.05 Å². The highest BCUT2D eigenvalue weighted by Gasteiger charge is 2.22. The summed E-state index contributed by atoms with van der Waals surface area (Å²) in [4.78, 5) is 13.2. The Hall–Kier alpha value is -1.40. The minimum Gasteiger partial charge on any atom is -0.478 e. The summed E-state index contributed by atoms with van der Waals surface area (Å²) in [6.07, 6.45) is 2.52. The Morgan fingerprint density at radius 3 is 3.12 bits per heavy atom. The van der Waals surface area contributed by atoms with Crippen LogP contribution in [0.4, 0.5) is 0 Å². The van der Waals surface area contributed by atoms with Crippen LogP contribution in [0.3, 0.4) is 0 Å². The van der Waals surface area contributed by atoms with Crippen LogP contribution in [0.2, 0.25) is 0 Å². The lowest BCUT2D eigenvalue weighted by Crippen LogP contribution is -2.34. The second-order valence-corrected chi connectivity index (χ2v) is 4.50. The van der Waals surface area contributed by atoms with Gasteiger partial charge in [0.15, 0.2) is 0 Å². The maximum atomic E-state index is 11.1. The zero-order valence-corrected chi connectivity index (χ0v) is 10.2. The van der Waals surface area contributed by atoms with E-state index in [0.717, 1.165) is 25.2 Å². The van der Waals surface area contributed by atoms with Crippen molar-refractivity contribution in [2.45, 2.75) is 19.0 Å². The third-order valence-electron chi connectivity index (χ3n) is 3.35. The van der Waals surface area contributed by atoms with E-state index in [-0.39, 0.29) is 0 Å². The first-order chi connectivity index (χ1) is 8.09. The van der Waals surface area contributed by atoms with E-state index < -0.39 is 5.97 Å². The SMILES string of the molecule is CN(Cc1c(C(=O)O)cnn1C)C1CCNC1. The monoisotopic (exact) mass is 238 g/mol. The van der Waals surface area contributed by atoms with Gasteiger partial charge >= 0.3 is 5.97 Å². The number of nitrogens with one attached hydrogen (secondary N) is 1. The van der Waals surface area contributed by atoms with Gasteiger partial charge in [-0.15, -0.1) is 0 Å². The number of hydrogen-bond donors (Lipinski definition) is 2. The van der Waals surface area contributed by atoms with E-state index in [0.29, 0.717) is 18.2 Å². The van der Waals surface area contributed by atoms with Crippen LogP contribution in [0, 0.1) is 0 Å². The van der Waals surface area contributed by atoms with Crippen molar-refractivity contribution in [3.8, 4) is 0 Å². The summed E-state index contributed by atoms with van der Waals surface area (Å²) in [5.74, 6) is -0.911. The lowest BCUT2D eigenvalue weighted by atomic mass is 10.2. The van der Waals surface area contributed by atoms with Crippen LogP contribution in [0.1, 0.15) is 22.5 Å². The highest BCUT2D eigenvalue weighted by molar-refractivity contribution is 5.88. The van der Waals surface area contributed by atoms with Crippen molar-refractivity contribution >= 4 is 5.97 Å². The molecule has 1 aromatic rings. The lowest BCUT2D eigenvalue weighted by Gasteiger charge is -2.23. The number of aryl methyl sites for hydroxylation is 1. The molecule has 1 aliphatic rings. The van der Waals surface area contributed by atoms with Crippen molar-refractivity contribution in [3.05, 3.63) is 17.5 Å². The summed E-state index contributed by atoms with van der Waals surface area (Å²) >= 11 is 0. The Labute approximate surface area is 100 Å². The Bertz CT molecular complexity index is 410. The summed E-state index contributed by atoms with van der Waals surface area (Å²) in [5.41, 5.74) is 1.05. The highest BCUT2D eigenvalue weighted by Crippen LogP contribution is 2.14. The predicted octanol–water partition coefficient (Wildman–Crippen LogP) is -0.0880. The Morgan fingerprint density at radius 1 is 1.76 bits per heavy atom. The van der Waals surface area contributed by atoms with Crippen LogP contribution >= 0.6 is 0 Å². The van der Waals surface area contributed by atoms with Crippen molar-refractivity contribution in [1.82, 2.24) is 20.0 Å². The second kappa shape index (κ2) is 4.85. The molecule has 0 saturated carbocycles. The number of aromatic carboxylic acids is 1. The molecule has 1 saturated heterocycles. The fraction of sp³-hybridized carbons (Fsp3) is 0.636. The normalized spacial score (nSPS) is 20.1. The van der Waals surface area contributed by atoms with Gasteiger partial charge in [0.05, 0.1) is 11.9 Å². The molecule has 94 valence electrons. The largest absolute Gasteiger partial charge is 0.478 e. The third kappa shape index (κ3) is 2.48. The molecule has 0 aliphatic carbocycles. The fourth-order valence-corrected chi connectivity index (χ4v) is 2.21. The molecular weight excluding hydrogens is 220 g/mol. The minimum absolute atomic E-state index is 0.297. The van der Waals surface area contributed by atoms with Gasteiger partial charge in [0.25, 0.3) is 0 Å². The predicted molar refractivity (Wildman–Crippen MR) is 62.9 cm³/mol. The molecule has 1 atom stereocenters. The van der Waals surface area contributed by atoms with Crippen molar-refractivity contribution in [3.63, 3.8) is 0 Å². The van der Waals surface area contributed by atoms with Crippen LogP contribution in [-0.4, -0.2) is 51.9 Å². The maximum Gasteiger partial charge on any atom is 0.339 e. The fourth-order valence-electron chi connectivity index (χ4n) is 2.21. The van der Waals surface area contributed by atoms with E-state index in [1.54, 1.807) is 11.7 Å². The van der Waals surface area contributed by atoms with E-state index in [2.05, 4.69) is 15.3 Å². The first-order valence-corrected chi connectivity index (χ1v) is 5.74. The summed E-state index contributed by atoms with van der Waals surface area (Å²) in [7, 11) is 3.80. The van der Waals surface area contributed by atoms with Crippen LogP contribution in [0.15, 0.2) is 6.20 Å². The average molecular weight is 238 g/mol. The van der Waals surface area contributed by atoms with Crippen LogP contribution in [0.25, 0.3) is 0 Å². The molecule has 6 heteroatoms. The van der Waals surface area contributed by atoms with Gasteiger partial charge in [0.1, 0.15) is 5.56 Å². The summed E-state index contributed by atoms with van der Waals surface area (Å²) in [6.45, 7) is 2.62. The van der Waals surface area contributed by atoms with Crippen LogP contribution in [0.5, 0.6) is 0 Å². The standard InChI is InChI=1S/C11H18N4O2/c1-14(8-3-4-12-5-8)7-10-9(11(16)17)6-13-15(10)2/h6,8,12H,3-5,7H2,1-2H3,(H,16,17). The number of nitrogens with zero attached hydrogens (tertiary/aromatic N) is 3. The molecule has 0 radical (unpaired) electrons. The molecule has 1 unspecified atom stereocenters. The third-order valence-corrected chi connectivity index (χ3v) is 3.35. The van der Waals surface area contributed by atoms with E-state index in [4.69, 9.17) is 5.11 Å². The van der Waals surface area contributed by atoms with Gasteiger partial charge in [-0.25, -0.2) is 4.79 Å². The smallest absolute Gasteiger partial charge is 0.339 e. The summed E-state index contributed by atoms with van der Waals surface area (Å²) < 4.78 is 1.64. The molecule has 0 spiro atoms. The summed E-state index contributed by atoms with van der Waals surface area (Å²) in [6, 6.07) is 0.478. The van der Waals surface area contributed by atoms with Gasteiger partial charge in [-0.2, -0.15) is 5.10 Å². The number of likely N-dealkylation sites (N-methyl/N-ethyl adjacent to an activating group) is 1. The maximum absolute atomic E-state index is 11.1. The molecule has 1 aliphatic heterocycles. The quantitative estimate of drug-likeness (QED) is 0.767. The average Bonchev–Trinajstić information content (AvgIpc) is 2.89. The molecule has 2 heterocycles. The first-order valence-electron chi connectivity index (χ1n) is 5.74. The van der Waals surface area contributed by atoms with Crippen molar-refractivity contribution in [1.29, 1.82) is 0 Å². The molecule has 0 amide bonds. The zero-order chi connectivity index (χ0) is 12.4. The van der Waals surface area contributed by atoms with Crippen LogP contribution in [-0.2, 0) is 13.6 Å². The van der Waals surface area contributed by atoms with Gasteiger partial charge in [-0.05, 0) is 20.0 Å². The molecule has 17 heavy (non-hydrogen) atoms. The number of carboxylic acids is 1. The molecule has 2 rings (SSSR count). The number of carbonyl (C=O) groups is 1. The topological polar surface area (TPSA) is 70.4 Å². The number of aromatic nitrogens is 2. The molecule has 0 aromatic carbocycles. The molecule has 1 fully saturated rings. The highest BCUT2D eigenvalue weighted by atomic mass is 16.4. The second-order valence-electron chi connectivity index (χ2n) is 4.50. The minimum atomic E-state index is -0.911. The lowest BCUT2D eigenvalue weighted by molar-refractivity contribution is 0.0694. The molecule has 2 N–H and O–H groups in total. The van der Waals surface area contributed by atoms with E-state index >= 15 is 0 Å². The van der Waals surface area contributed by atoms with Gasteiger partial charge < -0.3 is 10.4 Å². The molecular formula is C11H18N4O2. The van der Waals surface area contributed by atoms with Gasteiger partial charge in [-0.1, -0.05) is 0 Å². The van der Waals surface area contributed by atoms with Gasteiger partial charge in [-0.3, -0.25) is 9.58 Å². The molecule has 1 aromatic heterocycles. The van der Waals surface area contributed by atoms with E-state index in [9.17, 15) is 4.79 Å². The van der Waals surface area contributed by atoms with Gasteiger partial charge in [0.2, 0.25) is 0 Å². The number of rotatable bonds is 4. The molecule has 0 bridgehead atoms. The van der Waals surface area contributed by atoms with Crippen molar-refractivity contribution < 1.29 is 9.90 Å². The van der Waals surface area contributed by atoms with Gasteiger partial charge in [0, 0.05) is 26.2 Å². The first kappa shape index (κ1) is 12.1. The van der Waals surface area contributed by atoms with Crippen molar-refractivity contribution in [2.24, 2.45) is 7.05 Å². The molecule has 6 nitrogen and oxygen atoms in total. The zero-order valence-electron chi connectivity index (χ0n) is 10.2. The van der Waals surface area contributed by atoms with Crippen LogP contribution < -0.4 is 5.32 Å². The van der Waals surface area contributed by atoms with Crippen molar-refractivity contribution in [2.75, 3.05) is 20.1 Å². The number of hydrogen-bond acceptors (Lipinski definition) is 4. The Balaban J connectivity index is 2.11. The summed E-state index contributed by atoms with van der Waals surface area (Å²) in [5, 5.41) is 16.4. The van der Waals surface area contributed by atoms with E-state index in [1.165, 1.54) is 6.20 Å². The number of carboxylic acid groups (broad SMARTS) is 1.